The van der Waals surface area contributed by atoms with Crippen LogP contribution in [0.3, 0.4) is 0 Å². The zero-order valence-electron chi connectivity index (χ0n) is 8.33. The van der Waals surface area contributed by atoms with Crippen molar-refractivity contribution in [1.29, 1.82) is 0 Å². The fraction of sp³-hybridized carbons (Fsp3) is 0.400. The first-order chi connectivity index (χ1) is 7.53. The molecule has 1 aliphatic rings. The Kier molecular flexibility index (Phi) is 3.03. The van der Waals surface area contributed by atoms with E-state index < -0.39 is 11.5 Å². The van der Waals surface area contributed by atoms with E-state index in [1.807, 2.05) is 0 Å². The molecule has 0 aromatic carbocycles. The second-order valence-corrected chi connectivity index (χ2v) is 6.12. The molecule has 0 radical (unpaired) electrons. The van der Waals surface area contributed by atoms with E-state index in [9.17, 15) is 9.59 Å². The van der Waals surface area contributed by atoms with Crippen molar-refractivity contribution in [3.05, 3.63) is 20.8 Å². The van der Waals surface area contributed by atoms with Crippen LogP contribution in [-0.4, -0.2) is 22.5 Å². The number of amides is 1. The Morgan fingerprint density at radius 1 is 1.50 bits per heavy atom. The van der Waals surface area contributed by atoms with E-state index in [4.69, 9.17) is 5.11 Å². The maximum absolute atomic E-state index is 11.8. The average Bonchev–Trinajstić information content (AvgIpc) is 2.57. The summed E-state index contributed by atoms with van der Waals surface area (Å²) in [7, 11) is 0. The van der Waals surface area contributed by atoms with Crippen LogP contribution in [0, 0.1) is 0 Å². The fourth-order valence-electron chi connectivity index (χ4n) is 1.64. The highest BCUT2D eigenvalue weighted by Gasteiger charge is 2.45. The van der Waals surface area contributed by atoms with Crippen molar-refractivity contribution in [2.45, 2.75) is 24.8 Å². The maximum Gasteiger partial charge on any atom is 0.329 e. The number of thiophene rings is 1. The molecule has 0 atom stereocenters. The molecule has 0 bridgehead atoms. The van der Waals surface area contributed by atoms with Gasteiger partial charge in [-0.3, -0.25) is 4.79 Å². The molecule has 1 amide bonds. The van der Waals surface area contributed by atoms with Gasteiger partial charge in [-0.05, 0) is 41.3 Å². The number of carbonyl (C=O) groups is 2. The van der Waals surface area contributed by atoms with Gasteiger partial charge in [-0.1, -0.05) is 0 Å². The summed E-state index contributed by atoms with van der Waals surface area (Å²) in [6.45, 7) is 0. The molecule has 1 aromatic heterocycles. The van der Waals surface area contributed by atoms with Crippen LogP contribution >= 0.6 is 27.3 Å². The molecule has 1 heterocycles. The van der Waals surface area contributed by atoms with Gasteiger partial charge in [-0.15, -0.1) is 11.3 Å². The summed E-state index contributed by atoms with van der Waals surface area (Å²) in [5.41, 5.74) is -0.532. The summed E-state index contributed by atoms with van der Waals surface area (Å²) in [5.74, 6) is -1.26. The molecule has 6 heteroatoms. The lowest BCUT2D eigenvalue weighted by Gasteiger charge is -2.38. The monoisotopic (exact) mass is 303 g/mol. The highest BCUT2D eigenvalue weighted by molar-refractivity contribution is 9.11. The second kappa shape index (κ2) is 4.18. The topological polar surface area (TPSA) is 66.4 Å². The van der Waals surface area contributed by atoms with Gasteiger partial charge in [0.15, 0.2) is 0 Å². The first-order valence-corrected chi connectivity index (χ1v) is 6.51. The summed E-state index contributed by atoms with van der Waals surface area (Å²) in [6, 6.07) is 1.69. The minimum absolute atomic E-state index is 0.316. The molecule has 4 nitrogen and oxygen atoms in total. The number of hydrogen-bond acceptors (Lipinski definition) is 3. The van der Waals surface area contributed by atoms with Gasteiger partial charge in [0.1, 0.15) is 5.54 Å². The standard InChI is InChI=1S/C10H10BrNO3S/c11-7-4-6(5-16-7)8(13)12-10(9(14)15)2-1-3-10/h4-5H,1-3H2,(H,12,13)(H,14,15). The molecule has 0 spiro atoms. The minimum Gasteiger partial charge on any atom is -0.480 e. The summed E-state index contributed by atoms with van der Waals surface area (Å²) in [6.07, 6.45) is 1.87. The van der Waals surface area contributed by atoms with E-state index in [0.29, 0.717) is 18.4 Å². The van der Waals surface area contributed by atoms with E-state index in [1.165, 1.54) is 11.3 Å². The Morgan fingerprint density at radius 3 is 2.56 bits per heavy atom. The van der Waals surface area contributed by atoms with Crippen molar-refractivity contribution in [2.24, 2.45) is 0 Å². The van der Waals surface area contributed by atoms with E-state index in [-0.39, 0.29) is 5.91 Å². The second-order valence-electron chi connectivity index (χ2n) is 3.83. The quantitative estimate of drug-likeness (QED) is 0.900. The highest BCUT2D eigenvalue weighted by Crippen LogP contribution is 2.32. The van der Waals surface area contributed by atoms with Crippen molar-refractivity contribution in [2.75, 3.05) is 0 Å². The number of carboxylic acid groups (broad SMARTS) is 1. The SMILES string of the molecule is O=C(NC1(C(=O)O)CCC1)c1csc(Br)c1. The maximum atomic E-state index is 11.8. The molecule has 1 fully saturated rings. The Hall–Kier alpha value is -0.880. The van der Waals surface area contributed by atoms with E-state index in [1.54, 1.807) is 11.4 Å². The van der Waals surface area contributed by atoms with Gasteiger partial charge in [0, 0.05) is 5.38 Å². The molecule has 1 saturated carbocycles. The first kappa shape index (κ1) is 11.6. The van der Waals surface area contributed by atoms with Gasteiger partial charge in [0.05, 0.1) is 9.35 Å². The Labute approximate surface area is 105 Å². The van der Waals surface area contributed by atoms with Gasteiger partial charge in [-0.2, -0.15) is 0 Å². The molecule has 16 heavy (non-hydrogen) atoms. The lowest BCUT2D eigenvalue weighted by Crippen LogP contribution is -2.59. The third-order valence-corrected chi connectivity index (χ3v) is 4.30. The fourth-order valence-corrected chi connectivity index (χ4v) is 2.78. The number of rotatable bonds is 3. The molecule has 1 aromatic rings. The highest BCUT2D eigenvalue weighted by atomic mass is 79.9. The zero-order valence-corrected chi connectivity index (χ0v) is 10.7. The summed E-state index contributed by atoms with van der Waals surface area (Å²) in [5, 5.41) is 13.4. The summed E-state index contributed by atoms with van der Waals surface area (Å²) < 4.78 is 0.857. The lowest BCUT2D eigenvalue weighted by molar-refractivity contribution is -0.148. The van der Waals surface area contributed by atoms with Crippen LogP contribution in [0.4, 0.5) is 0 Å². The number of hydrogen-bond donors (Lipinski definition) is 2. The molecule has 0 aliphatic heterocycles. The van der Waals surface area contributed by atoms with E-state index in [0.717, 1.165) is 10.2 Å². The van der Waals surface area contributed by atoms with Crippen molar-refractivity contribution >= 4 is 39.1 Å². The van der Waals surface area contributed by atoms with Crippen molar-refractivity contribution in [1.82, 2.24) is 5.32 Å². The molecular formula is C10H10BrNO3S. The van der Waals surface area contributed by atoms with Crippen LogP contribution in [0.15, 0.2) is 15.2 Å². The van der Waals surface area contributed by atoms with E-state index in [2.05, 4.69) is 21.2 Å². The van der Waals surface area contributed by atoms with Gasteiger partial charge < -0.3 is 10.4 Å². The van der Waals surface area contributed by atoms with Crippen LogP contribution in [0.5, 0.6) is 0 Å². The summed E-state index contributed by atoms with van der Waals surface area (Å²) in [4.78, 5) is 22.8. The van der Waals surface area contributed by atoms with Gasteiger partial charge >= 0.3 is 5.97 Å². The van der Waals surface area contributed by atoms with Gasteiger partial charge in [0.2, 0.25) is 0 Å². The zero-order chi connectivity index (χ0) is 11.8. The molecule has 0 unspecified atom stereocenters. The Bertz CT molecular complexity index is 439. The summed E-state index contributed by atoms with van der Waals surface area (Å²) >= 11 is 4.66. The van der Waals surface area contributed by atoms with Gasteiger partial charge in [-0.25, -0.2) is 4.79 Å². The average molecular weight is 304 g/mol. The third-order valence-electron chi connectivity index (χ3n) is 2.80. The number of carboxylic acids is 1. The van der Waals surface area contributed by atoms with Crippen LogP contribution in [0.25, 0.3) is 0 Å². The largest absolute Gasteiger partial charge is 0.480 e. The predicted octanol–water partition coefficient (Wildman–Crippen LogP) is 2.25. The minimum atomic E-state index is -1.04. The van der Waals surface area contributed by atoms with Crippen molar-refractivity contribution < 1.29 is 14.7 Å². The van der Waals surface area contributed by atoms with Gasteiger partial charge in [0.25, 0.3) is 5.91 Å². The smallest absolute Gasteiger partial charge is 0.329 e. The molecule has 2 rings (SSSR count). The van der Waals surface area contributed by atoms with Crippen molar-refractivity contribution in [3.63, 3.8) is 0 Å². The van der Waals surface area contributed by atoms with Crippen LogP contribution < -0.4 is 5.32 Å². The Balaban J connectivity index is 2.10. The number of carbonyl (C=O) groups excluding carboxylic acids is 1. The number of halogens is 1. The normalized spacial score (nSPS) is 17.6. The molecule has 2 N–H and O–H groups in total. The van der Waals surface area contributed by atoms with Crippen LogP contribution in [0.2, 0.25) is 0 Å². The molecule has 1 aliphatic carbocycles. The third kappa shape index (κ3) is 1.99. The predicted molar refractivity (Wildman–Crippen MR) is 63.7 cm³/mol. The molecular weight excluding hydrogens is 294 g/mol. The number of aliphatic carboxylic acids is 1. The lowest BCUT2D eigenvalue weighted by atomic mass is 9.76. The molecule has 0 saturated heterocycles. The van der Waals surface area contributed by atoms with Crippen LogP contribution in [0.1, 0.15) is 29.6 Å². The van der Waals surface area contributed by atoms with E-state index >= 15 is 0 Å². The number of nitrogens with one attached hydrogen (secondary N) is 1. The molecule has 86 valence electrons. The van der Waals surface area contributed by atoms with Crippen molar-refractivity contribution in [3.8, 4) is 0 Å². The Morgan fingerprint density at radius 2 is 2.19 bits per heavy atom. The first-order valence-electron chi connectivity index (χ1n) is 4.83. The van der Waals surface area contributed by atoms with Crippen LogP contribution in [-0.2, 0) is 4.79 Å².